The third-order valence-electron chi connectivity index (χ3n) is 4.75. The zero-order valence-corrected chi connectivity index (χ0v) is 18.5. The van der Waals surface area contributed by atoms with E-state index in [-0.39, 0.29) is 21.7 Å². The van der Waals surface area contributed by atoms with Crippen LogP contribution in [0.25, 0.3) is 10.9 Å². The number of carbonyl (C=O) groups excluding carboxylic acids is 1. The first-order chi connectivity index (χ1) is 15.2. The summed E-state index contributed by atoms with van der Waals surface area (Å²) in [4.78, 5) is 23.9. The predicted molar refractivity (Wildman–Crippen MR) is 120 cm³/mol. The fourth-order valence-corrected chi connectivity index (χ4v) is 4.90. The highest BCUT2D eigenvalue weighted by molar-refractivity contribution is 9.10. The summed E-state index contributed by atoms with van der Waals surface area (Å²) in [5, 5.41) is 12.3. The van der Waals surface area contributed by atoms with Crippen molar-refractivity contribution in [2.24, 2.45) is 0 Å². The number of nitrogens with one attached hydrogen (secondary N) is 1. The number of aromatic nitrogens is 1. The lowest BCUT2D eigenvalue weighted by Crippen LogP contribution is -2.16. The highest BCUT2D eigenvalue weighted by Gasteiger charge is 2.20. The van der Waals surface area contributed by atoms with Gasteiger partial charge in [-0.05, 0) is 66.7 Å². The summed E-state index contributed by atoms with van der Waals surface area (Å²) in [6.45, 7) is 0. The number of nitrogens with zero attached hydrogens (tertiary/aromatic N) is 1. The van der Waals surface area contributed by atoms with Crippen LogP contribution in [0, 0.1) is 5.82 Å². The van der Waals surface area contributed by atoms with Crippen molar-refractivity contribution in [1.29, 1.82) is 0 Å². The summed E-state index contributed by atoms with van der Waals surface area (Å²) >= 11 is 3.18. The Bertz CT molecular complexity index is 1480. The van der Waals surface area contributed by atoms with Crippen LogP contribution in [-0.2, 0) is 10.0 Å². The van der Waals surface area contributed by atoms with Crippen molar-refractivity contribution in [1.82, 2.24) is 3.97 Å². The van der Waals surface area contributed by atoms with Crippen molar-refractivity contribution in [3.8, 4) is 0 Å². The van der Waals surface area contributed by atoms with Crippen molar-refractivity contribution in [2.45, 2.75) is 4.90 Å². The number of anilines is 1. The van der Waals surface area contributed by atoms with Crippen LogP contribution in [0.15, 0.2) is 82.3 Å². The fourth-order valence-electron chi connectivity index (χ4n) is 3.19. The van der Waals surface area contributed by atoms with E-state index in [4.69, 9.17) is 0 Å². The van der Waals surface area contributed by atoms with Crippen molar-refractivity contribution < 1.29 is 27.5 Å². The van der Waals surface area contributed by atoms with Crippen molar-refractivity contribution in [3.63, 3.8) is 0 Å². The number of carboxylic acid groups (broad SMARTS) is 1. The van der Waals surface area contributed by atoms with Crippen LogP contribution < -0.4 is 5.32 Å². The molecule has 0 spiro atoms. The van der Waals surface area contributed by atoms with Crippen LogP contribution in [0.4, 0.5) is 10.1 Å². The molecule has 0 saturated heterocycles. The molecule has 32 heavy (non-hydrogen) atoms. The van der Waals surface area contributed by atoms with Crippen LogP contribution in [-0.4, -0.2) is 29.4 Å². The summed E-state index contributed by atoms with van der Waals surface area (Å²) in [5.74, 6) is -2.28. The average Bonchev–Trinajstić information content (AvgIpc) is 3.18. The van der Waals surface area contributed by atoms with E-state index >= 15 is 0 Å². The molecule has 0 aliphatic heterocycles. The van der Waals surface area contributed by atoms with Gasteiger partial charge in [0, 0.05) is 21.6 Å². The van der Waals surface area contributed by atoms with Gasteiger partial charge in [-0.2, -0.15) is 0 Å². The van der Waals surface area contributed by atoms with E-state index in [0.29, 0.717) is 15.4 Å². The third-order valence-corrected chi connectivity index (χ3v) is 6.95. The molecule has 0 saturated carbocycles. The van der Waals surface area contributed by atoms with E-state index in [0.717, 1.165) is 3.97 Å². The van der Waals surface area contributed by atoms with Gasteiger partial charge in [0.2, 0.25) is 0 Å². The highest BCUT2D eigenvalue weighted by atomic mass is 79.9. The summed E-state index contributed by atoms with van der Waals surface area (Å²) in [6.07, 6.45) is 1.33. The minimum atomic E-state index is -3.98. The van der Waals surface area contributed by atoms with E-state index in [2.05, 4.69) is 21.2 Å². The molecule has 0 aliphatic rings. The molecule has 1 amide bonds. The molecule has 0 atom stereocenters. The van der Waals surface area contributed by atoms with Gasteiger partial charge >= 0.3 is 5.97 Å². The molecule has 0 fully saturated rings. The van der Waals surface area contributed by atoms with Crippen LogP contribution >= 0.6 is 15.9 Å². The van der Waals surface area contributed by atoms with Gasteiger partial charge in [0.05, 0.1) is 21.7 Å². The molecule has 0 unspecified atom stereocenters. The first-order valence-corrected chi connectivity index (χ1v) is 11.4. The number of hydrogen-bond donors (Lipinski definition) is 2. The zero-order chi connectivity index (χ0) is 23.0. The first kappa shape index (κ1) is 21.7. The Morgan fingerprint density at radius 3 is 2.38 bits per heavy atom. The topological polar surface area (TPSA) is 105 Å². The van der Waals surface area contributed by atoms with Crippen LogP contribution in [0.2, 0.25) is 0 Å². The second kappa shape index (κ2) is 8.21. The average molecular weight is 517 g/mol. The Balaban J connectivity index is 1.61. The lowest BCUT2D eigenvalue weighted by Gasteiger charge is -2.10. The summed E-state index contributed by atoms with van der Waals surface area (Å²) in [5.41, 5.74) is 0.476. The minimum absolute atomic E-state index is 0.0641. The van der Waals surface area contributed by atoms with Crippen molar-refractivity contribution >= 4 is 54.4 Å². The molecule has 3 aromatic carbocycles. The molecular weight excluding hydrogens is 503 g/mol. The Hall–Kier alpha value is -3.50. The maximum atomic E-state index is 13.4. The molecule has 162 valence electrons. The van der Waals surface area contributed by atoms with E-state index in [1.807, 2.05) is 0 Å². The number of amides is 1. The Morgan fingerprint density at radius 1 is 0.969 bits per heavy atom. The van der Waals surface area contributed by atoms with Crippen LogP contribution in [0.3, 0.4) is 0 Å². The van der Waals surface area contributed by atoms with E-state index in [1.54, 1.807) is 6.07 Å². The molecule has 10 heteroatoms. The number of rotatable bonds is 5. The molecule has 4 aromatic rings. The van der Waals surface area contributed by atoms with Gasteiger partial charge in [0.1, 0.15) is 5.82 Å². The number of carbonyl (C=O) groups is 2. The smallest absolute Gasteiger partial charge is 0.337 e. The number of carboxylic acids is 1. The van der Waals surface area contributed by atoms with Crippen LogP contribution in [0.5, 0.6) is 0 Å². The molecule has 0 bridgehead atoms. The van der Waals surface area contributed by atoms with E-state index < -0.39 is 27.7 Å². The normalized spacial score (nSPS) is 11.4. The van der Waals surface area contributed by atoms with E-state index in [1.165, 1.54) is 66.9 Å². The van der Waals surface area contributed by atoms with Crippen LogP contribution in [0.1, 0.15) is 20.7 Å². The molecule has 7 nitrogen and oxygen atoms in total. The molecule has 1 aromatic heterocycles. The zero-order valence-electron chi connectivity index (χ0n) is 16.1. The number of benzene rings is 3. The highest BCUT2D eigenvalue weighted by Crippen LogP contribution is 2.24. The van der Waals surface area contributed by atoms with Gasteiger partial charge in [-0.25, -0.2) is 21.6 Å². The maximum absolute atomic E-state index is 13.4. The SMILES string of the molecule is O=C(Nc1ccc(Br)cc1C(=O)O)c1ccc(S(=O)(=O)n2ccc3cc(F)ccc32)cc1. The quantitative estimate of drug-likeness (QED) is 0.398. The van der Waals surface area contributed by atoms with Gasteiger partial charge in [-0.15, -0.1) is 0 Å². The molecule has 0 aliphatic carbocycles. The lowest BCUT2D eigenvalue weighted by molar-refractivity contribution is 0.0698. The van der Waals surface area contributed by atoms with E-state index in [9.17, 15) is 27.5 Å². The van der Waals surface area contributed by atoms with Gasteiger partial charge < -0.3 is 10.4 Å². The lowest BCUT2D eigenvalue weighted by atomic mass is 10.1. The largest absolute Gasteiger partial charge is 0.478 e. The molecule has 0 radical (unpaired) electrons. The maximum Gasteiger partial charge on any atom is 0.337 e. The summed E-state index contributed by atoms with van der Waals surface area (Å²) in [7, 11) is -3.98. The minimum Gasteiger partial charge on any atom is -0.478 e. The Morgan fingerprint density at radius 2 is 1.69 bits per heavy atom. The standard InChI is InChI=1S/C22H14BrFN2O5S/c23-15-3-7-19(18(12-15)22(28)29)25-21(27)13-1-5-17(6-2-13)32(30,31)26-10-9-14-11-16(24)4-8-20(14)26/h1-12H,(H,25,27)(H,28,29). The third kappa shape index (κ3) is 4.02. The molecule has 2 N–H and O–H groups in total. The number of aromatic carboxylic acids is 1. The molecule has 1 heterocycles. The molecule has 4 rings (SSSR count). The predicted octanol–water partition coefficient (Wildman–Crippen LogP) is 4.73. The van der Waals surface area contributed by atoms with Crippen molar-refractivity contribution in [2.75, 3.05) is 5.32 Å². The second-order valence-electron chi connectivity index (χ2n) is 6.79. The van der Waals surface area contributed by atoms with Gasteiger partial charge in [0.15, 0.2) is 0 Å². The van der Waals surface area contributed by atoms with Gasteiger partial charge in [-0.1, -0.05) is 15.9 Å². The Labute approximate surface area is 190 Å². The number of halogens is 2. The Kier molecular flexibility index (Phi) is 5.57. The van der Waals surface area contributed by atoms with Gasteiger partial charge in [-0.3, -0.25) is 4.79 Å². The van der Waals surface area contributed by atoms with Gasteiger partial charge in [0.25, 0.3) is 15.9 Å². The monoisotopic (exact) mass is 516 g/mol. The number of fused-ring (bicyclic) bond motifs is 1. The van der Waals surface area contributed by atoms with Crippen molar-refractivity contribution in [3.05, 3.63) is 94.3 Å². The summed E-state index contributed by atoms with van der Waals surface area (Å²) < 4.78 is 41.0. The number of hydrogen-bond acceptors (Lipinski definition) is 4. The first-order valence-electron chi connectivity index (χ1n) is 9.13. The summed E-state index contributed by atoms with van der Waals surface area (Å²) in [6, 6.07) is 14.9. The molecular formula is C22H14BrFN2O5S. The second-order valence-corrected chi connectivity index (χ2v) is 9.52. The fraction of sp³-hybridized carbons (Fsp3) is 0.